The molecular formula is C27H31N4NaO9S. The average Bonchev–Trinajstić information content (AvgIpc) is 3.17. The van der Waals surface area contributed by atoms with Gasteiger partial charge in [-0.2, -0.15) is 0 Å². The third kappa shape index (κ3) is 9.18. The molecule has 2 aromatic carbocycles. The van der Waals surface area contributed by atoms with E-state index in [9.17, 15) is 42.2 Å². The number of fused-ring (bicyclic) bond motifs is 1. The van der Waals surface area contributed by atoms with Gasteiger partial charge in [-0.25, -0.2) is 13.9 Å². The summed E-state index contributed by atoms with van der Waals surface area (Å²) in [5, 5.41) is 14.0. The standard InChI is InChI=1S/C27H32N4O9S.Na/c1-16(2)12-20(21(24(33)30-37)14-31-26(35)18-10-6-7-11-19(18)27(31)36)23(32)29-22(13-17-8-4-3-5-9-17)25(34)28-15-41(38,39)40;/h3-11,16,20-22,37H,12-15H2,1-2H3,(H,28,34)(H,29,32)(H,30,33)(H,38,39,40);/q;+1/p-1/t20-,21?,22-;/m1./s1. The van der Waals surface area contributed by atoms with Crippen molar-refractivity contribution in [3.8, 4) is 0 Å². The van der Waals surface area contributed by atoms with E-state index in [2.05, 4.69) is 5.32 Å². The number of nitrogens with one attached hydrogen (secondary N) is 3. The normalized spacial score (nSPS) is 14.8. The van der Waals surface area contributed by atoms with E-state index >= 15 is 0 Å². The molecule has 1 unspecified atom stereocenters. The minimum absolute atomic E-state index is 0. The van der Waals surface area contributed by atoms with Crippen LogP contribution in [0.4, 0.5) is 0 Å². The summed E-state index contributed by atoms with van der Waals surface area (Å²) in [6.45, 7) is 3.00. The molecule has 2 aromatic rings. The smallest absolute Gasteiger partial charge is 0.747 e. The Morgan fingerprint density at radius 2 is 1.43 bits per heavy atom. The summed E-state index contributed by atoms with van der Waals surface area (Å²) >= 11 is 0. The van der Waals surface area contributed by atoms with E-state index in [1.165, 1.54) is 17.6 Å². The SMILES string of the molecule is CC(C)C[C@@H](C(=O)N[C@H](Cc1ccccc1)C(=O)NCS(=O)(=O)[O-])C(CN1C(=O)c2ccccc2C1=O)C(=O)NO.[Na+]. The zero-order chi connectivity index (χ0) is 30.3. The fraction of sp³-hybridized carbons (Fsp3) is 0.370. The number of hydrogen-bond acceptors (Lipinski definition) is 9. The van der Waals surface area contributed by atoms with Crippen molar-refractivity contribution in [3.05, 3.63) is 71.3 Å². The van der Waals surface area contributed by atoms with E-state index in [1.807, 2.05) is 5.32 Å². The number of rotatable bonds is 13. The van der Waals surface area contributed by atoms with Gasteiger partial charge in [0.05, 0.1) is 23.0 Å². The summed E-state index contributed by atoms with van der Waals surface area (Å²) in [6.07, 6.45) is -0.0251. The number of carbonyl (C=O) groups excluding carboxylic acids is 5. The molecule has 0 spiro atoms. The molecule has 1 aliphatic rings. The van der Waals surface area contributed by atoms with Crippen molar-refractivity contribution >= 4 is 39.7 Å². The monoisotopic (exact) mass is 610 g/mol. The van der Waals surface area contributed by atoms with Crippen molar-refractivity contribution in [1.29, 1.82) is 0 Å². The maximum atomic E-state index is 13.7. The van der Waals surface area contributed by atoms with E-state index in [4.69, 9.17) is 0 Å². The van der Waals surface area contributed by atoms with Gasteiger partial charge in [-0.15, -0.1) is 0 Å². The van der Waals surface area contributed by atoms with Gasteiger partial charge in [0.2, 0.25) is 17.7 Å². The third-order valence-corrected chi connectivity index (χ3v) is 7.09. The molecule has 4 N–H and O–H groups in total. The van der Waals surface area contributed by atoms with E-state index < -0.39 is 70.0 Å². The van der Waals surface area contributed by atoms with Gasteiger partial charge in [0.25, 0.3) is 11.8 Å². The van der Waals surface area contributed by atoms with Crippen molar-refractivity contribution in [2.75, 3.05) is 12.4 Å². The fourth-order valence-electron chi connectivity index (χ4n) is 4.66. The van der Waals surface area contributed by atoms with E-state index in [1.54, 1.807) is 56.3 Å². The summed E-state index contributed by atoms with van der Waals surface area (Å²) in [7, 11) is -4.81. The molecule has 3 rings (SSSR count). The summed E-state index contributed by atoms with van der Waals surface area (Å²) in [5.74, 6) is -8.14. The molecule has 1 heterocycles. The van der Waals surface area contributed by atoms with Crippen LogP contribution in [-0.2, 0) is 30.9 Å². The Morgan fingerprint density at radius 1 is 0.881 bits per heavy atom. The summed E-state index contributed by atoms with van der Waals surface area (Å²) in [6, 6.07) is 13.2. The maximum absolute atomic E-state index is 13.7. The van der Waals surface area contributed by atoms with E-state index in [0.717, 1.165) is 4.90 Å². The van der Waals surface area contributed by atoms with Crippen LogP contribution >= 0.6 is 0 Å². The second kappa shape index (κ2) is 15.4. The van der Waals surface area contributed by atoms with Gasteiger partial charge in [0, 0.05) is 13.0 Å². The molecule has 13 nitrogen and oxygen atoms in total. The van der Waals surface area contributed by atoms with Gasteiger partial charge in [0.15, 0.2) is 0 Å². The van der Waals surface area contributed by atoms with Crippen molar-refractivity contribution in [2.45, 2.75) is 32.7 Å². The molecule has 1 aliphatic heterocycles. The summed E-state index contributed by atoms with van der Waals surface area (Å²) in [4.78, 5) is 66.2. The second-order valence-electron chi connectivity index (χ2n) is 10.1. The Kier molecular flexibility index (Phi) is 12.8. The number of amides is 5. The largest absolute Gasteiger partial charge is 1.00 e. The Bertz CT molecular complexity index is 1380. The minimum atomic E-state index is -4.81. The van der Waals surface area contributed by atoms with Gasteiger partial charge in [0.1, 0.15) is 22.0 Å². The van der Waals surface area contributed by atoms with Crippen molar-refractivity contribution in [2.24, 2.45) is 17.8 Å². The zero-order valence-electron chi connectivity index (χ0n) is 23.4. The molecule has 220 valence electrons. The summed E-state index contributed by atoms with van der Waals surface area (Å²) in [5.41, 5.74) is 2.38. The van der Waals surface area contributed by atoms with Crippen LogP contribution in [0.2, 0.25) is 0 Å². The van der Waals surface area contributed by atoms with Crippen LogP contribution < -0.4 is 45.7 Å². The van der Waals surface area contributed by atoms with Crippen molar-refractivity contribution < 1.29 is 71.7 Å². The number of hydrogen-bond donors (Lipinski definition) is 4. The van der Waals surface area contributed by atoms with Crippen LogP contribution in [-0.4, -0.2) is 71.1 Å². The fourth-order valence-corrected chi connectivity index (χ4v) is 4.98. The maximum Gasteiger partial charge on any atom is 1.00 e. The molecule has 0 fully saturated rings. The predicted molar refractivity (Wildman–Crippen MR) is 143 cm³/mol. The molecule has 0 bridgehead atoms. The Balaban J connectivity index is 0.00000616. The summed E-state index contributed by atoms with van der Waals surface area (Å²) < 4.78 is 33.2. The quantitative estimate of drug-likeness (QED) is 0.0618. The number of hydroxylamine groups is 1. The zero-order valence-corrected chi connectivity index (χ0v) is 26.2. The molecule has 3 atom stereocenters. The van der Waals surface area contributed by atoms with Gasteiger partial charge in [-0.05, 0) is 30.0 Å². The number of benzene rings is 2. The van der Waals surface area contributed by atoms with Crippen molar-refractivity contribution in [1.82, 2.24) is 21.0 Å². The van der Waals surface area contributed by atoms with Crippen LogP contribution in [0.15, 0.2) is 54.6 Å². The Labute approximate surface area is 265 Å². The Hall–Kier alpha value is -3.14. The predicted octanol–water partition coefficient (Wildman–Crippen LogP) is -2.58. The van der Waals surface area contributed by atoms with E-state index in [-0.39, 0.29) is 59.4 Å². The first-order valence-corrected chi connectivity index (χ1v) is 14.3. The molecule has 0 aromatic heterocycles. The number of nitrogens with zero attached hydrogens (tertiary/aromatic N) is 1. The van der Waals surface area contributed by atoms with Crippen LogP contribution in [0.3, 0.4) is 0 Å². The molecule has 0 radical (unpaired) electrons. The third-order valence-electron chi connectivity index (χ3n) is 6.59. The van der Waals surface area contributed by atoms with Crippen LogP contribution in [0, 0.1) is 17.8 Å². The van der Waals surface area contributed by atoms with Crippen molar-refractivity contribution in [3.63, 3.8) is 0 Å². The first-order valence-electron chi connectivity index (χ1n) is 12.8. The number of imide groups is 1. The van der Waals surface area contributed by atoms with Crippen LogP contribution in [0.1, 0.15) is 46.5 Å². The molecule has 15 heteroatoms. The molecule has 5 amide bonds. The van der Waals surface area contributed by atoms with Gasteiger partial charge in [-0.3, -0.25) is 34.1 Å². The van der Waals surface area contributed by atoms with Crippen LogP contribution in [0.25, 0.3) is 0 Å². The number of carbonyl (C=O) groups is 5. The Morgan fingerprint density at radius 3 is 1.93 bits per heavy atom. The molecule has 0 aliphatic carbocycles. The minimum Gasteiger partial charge on any atom is -0.747 e. The van der Waals surface area contributed by atoms with Crippen LogP contribution in [0.5, 0.6) is 0 Å². The first-order chi connectivity index (χ1) is 19.3. The molecule has 0 saturated carbocycles. The molecule has 0 saturated heterocycles. The topological polar surface area (TPSA) is 202 Å². The van der Waals surface area contributed by atoms with E-state index in [0.29, 0.717) is 5.56 Å². The average molecular weight is 611 g/mol. The molecule has 42 heavy (non-hydrogen) atoms. The first kappa shape index (κ1) is 35.1. The van der Waals surface area contributed by atoms with Gasteiger partial charge >= 0.3 is 29.6 Å². The van der Waals surface area contributed by atoms with Gasteiger partial charge < -0.3 is 15.2 Å². The van der Waals surface area contributed by atoms with Gasteiger partial charge in [-0.1, -0.05) is 56.3 Å². The second-order valence-corrected chi connectivity index (χ2v) is 11.5. The molecular weight excluding hydrogens is 579 g/mol.